The molecule has 0 aromatic heterocycles. The van der Waals surface area contributed by atoms with Crippen LogP contribution in [0.4, 0.5) is 0 Å². The molecule has 0 bridgehead atoms. The maximum absolute atomic E-state index is 6.93. The third-order valence-electron chi connectivity index (χ3n) is 7.57. The molecule has 38 heavy (non-hydrogen) atoms. The average molecular weight is 499 g/mol. The number of nitrogens with zero attached hydrogens (tertiary/aromatic N) is 1. The summed E-state index contributed by atoms with van der Waals surface area (Å²) in [4.78, 5) is 0. The van der Waals surface area contributed by atoms with Crippen molar-refractivity contribution in [2.24, 2.45) is 0 Å². The van der Waals surface area contributed by atoms with Gasteiger partial charge in [-0.15, -0.1) is 0 Å². The van der Waals surface area contributed by atoms with Gasteiger partial charge in [-0.25, -0.2) is 0 Å². The fourth-order valence-electron chi connectivity index (χ4n) is 5.98. The molecule has 1 N–H and O–H groups in total. The van der Waals surface area contributed by atoms with Gasteiger partial charge >= 0.3 is 18.9 Å². The van der Waals surface area contributed by atoms with Gasteiger partial charge in [-0.2, -0.15) is 7.05 Å². The number of hydrogen-bond acceptors (Lipinski definition) is 3. The monoisotopic (exact) mass is 498 g/mol. The standard InChI is InChI=1S/C33H35N2O2.Li/c1-31(2)36-29(32(34-3,25-17-9-5-10-18-25)26-19-11-6-12-20-26)30(37-31)33(35-4,27-21-13-7-14-22-27)28-23-15-8-16-24-28;/h5-24,29-30,34H,1-4H3;/q-1;+1/t29-,30-;/m1./s1. The minimum atomic E-state index is -0.833. The molecule has 4 aromatic rings. The van der Waals surface area contributed by atoms with E-state index in [1.54, 1.807) is 0 Å². The Kier molecular flexibility index (Phi) is 8.64. The van der Waals surface area contributed by atoms with E-state index in [-0.39, 0.29) is 18.9 Å². The first-order chi connectivity index (χ1) is 18.0. The molecular formula is C33H35LiN2O2. The quantitative estimate of drug-likeness (QED) is 0.378. The molecule has 1 heterocycles. The van der Waals surface area contributed by atoms with Crippen LogP contribution in [0.3, 0.4) is 0 Å². The van der Waals surface area contributed by atoms with E-state index in [0.717, 1.165) is 22.3 Å². The van der Waals surface area contributed by atoms with Crippen LogP contribution in [0.25, 0.3) is 5.32 Å². The summed E-state index contributed by atoms with van der Waals surface area (Å²) in [6.45, 7) is 3.99. The molecule has 0 amide bonds. The van der Waals surface area contributed by atoms with Crippen molar-refractivity contribution in [1.29, 1.82) is 0 Å². The third-order valence-corrected chi connectivity index (χ3v) is 7.57. The van der Waals surface area contributed by atoms with Gasteiger partial charge in [0.2, 0.25) is 0 Å². The van der Waals surface area contributed by atoms with Gasteiger partial charge in [0.1, 0.15) is 6.10 Å². The van der Waals surface area contributed by atoms with Crippen LogP contribution in [0.2, 0.25) is 0 Å². The van der Waals surface area contributed by atoms with Crippen LogP contribution >= 0.6 is 0 Å². The van der Waals surface area contributed by atoms with Crippen molar-refractivity contribution in [3.8, 4) is 0 Å². The molecule has 0 saturated carbocycles. The summed E-state index contributed by atoms with van der Waals surface area (Å²) in [6.07, 6.45) is -0.883. The summed E-state index contributed by atoms with van der Waals surface area (Å²) < 4.78 is 13.9. The van der Waals surface area contributed by atoms with Crippen LogP contribution in [0.15, 0.2) is 121 Å². The third kappa shape index (κ3) is 4.78. The van der Waals surface area contributed by atoms with E-state index in [0.29, 0.717) is 0 Å². The first-order valence-electron chi connectivity index (χ1n) is 12.9. The fraction of sp³-hybridized carbons (Fsp3) is 0.273. The second-order valence-electron chi connectivity index (χ2n) is 9.99. The number of rotatable bonds is 8. The van der Waals surface area contributed by atoms with Crippen molar-refractivity contribution in [3.63, 3.8) is 0 Å². The predicted molar refractivity (Wildman–Crippen MR) is 149 cm³/mol. The number of nitrogens with one attached hydrogen (secondary N) is 1. The smallest absolute Gasteiger partial charge is 0.650 e. The van der Waals surface area contributed by atoms with Crippen molar-refractivity contribution in [1.82, 2.24) is 5.32 Å². The second-order valence-corrected chi connectivity index (χ2v) is 9.99. The van der Waals surface area contributed by atoms with Crippen LogP contribution in [0, 0.1) is 0 Å². The van der Waals surface area contributed by atoms with E-state index in [9.17, 15) is 0 Å². The number of likely N-dealkylation sites (N-methyl/N-ethyl adjacent to an activating group) is 2. The molecule has 5 rings (SSSR count). The van der Waals surface area contributed by atoms with Crippen molar-refractivity contribution in [2.75, 3.05) is 14.1 Å². The van der Waals surface area contributed by atoms with Gasteiger partial charge in [0.15, 0.2) is 5.79 Å². The molecule has 1 fully saturated rings. The summed E-state index contributed by atoms with van der Waals surface area (Å²) in [7, 11) is 3.89. The van der Waals surface area contributed by atoms with Gasteiger partial charge in [-0.3, -0.25) is 0 Å². The summed E-state index contributed by atoms with van der Waals surface area (Å²) >= 11 is 0. The first-order valence-corrected chi connectivity index (χ1v) is 12.9. The molecular weight excluding hydrogens is 463 g/mol. The number of hydrogen-bond donors (Lipinski definition) is 1. The molecule has 1 aliphatic heterocycles. The van der Waals surface area contributed by atoms with Crippen LogP contribution in [-0.2, 0) is 20.6 Å². The van der Waals surface area contributed by atoms with Crippen LogP contribution < -0.4 is 24.2 Å². The van der Waals surface area contributed by atoms with Gasteiger partial charge in [0, 0.05) is 0 Å². The van der Waals surface area contributed by atoms with E-state index >= 15 is 0 Å². The molecule has 4 aromatic carbocycles. The minimum Gasteiger partial charge on any atom is -0.650 e. The fourth-order valence-corrected chi connectivity index (χ4v) is 5.98. The molecule has 1 saturated heterocycles. The summed E-state index contributed by atoms with van der Waals surface area (Å²) in [6, 6.07) is 41.9. The van der Waals surface area contributed by atoms with Gasteiger partial charge in [0.05, 0.1) is 11.6 Å². The Balaban J connectivity index is 0.00000336. The zero-order valence-electron chi connectivity index (χ0n) is 23.0. The predicted octanol–water partition coefficient (Wildman–Crippen LogP) is 3.62. The molecule has 190 valence electrons. The zero-order valence-corrected chi connectivity index (χ0v) is 23.0. The topological polar surface area (TPSA) is 44.6 Å². The summed E-state index contributed by atoms with van der Waals surface area (Å²) in [5.74, 6) is -0.833. The van der Waals surface area contributed by atoms with E-state index in [1.165, 1.54) is 0 Å². The van der Waals surface area contributed by atoms with Crippen molar-refractivity contribution in [2.45, 2.75) is 42.9 Å². The zero-order chi connectivity index (χ0) is 25.9. The van der Waals surface area contributed by atoms with Gasteiger partial charge in [-0.05, 0) is 37.6 Å². The Morgan fingerprint density at radius 1 is 0.605 bits per heavy atom. The van der Waals surface area contributed by atoms with Crippen LogP contribution in [0.5, 0.6) is 0 Å². The molecule has 0 spiro atoms. The minimum absolute atomic E-state index is 0. The van der Waals surface area contributed by atoms with Crippen molar-refractivity contribution < 1.29 is 28.3 Å². The number of ether oxygens (including phenoxy) is 2. The molecule has 1 aliphatic rings. The molecule has 0 aliphatic carbocycles. The van der Waals surface area contributed by atoms with E-state index in [4.69, 9.17) is 14.8 Å². The van der Waals surface area contributed by atoms with Gasteiger partial charge in [0.25, 0.3) is 0 Å². The molecule has 2 atom stereocenters. The maximum atomic E-state index is 6.93. The molecule has 0 radical (unpaired) electrons. The van der Waals surface area contributed by atoms with Crippen molar-refractivity contribution >= 4 is 0 Å². The molecule has 0 unspecified atom stereocenters. The van der Waals surface area contributed by atoms with E-state index < -0.39 is 29.1 Å². The second kappa shape index (κ2) is 11.6. The van der Waals surface area contributed by atoms with Gasteiger partial charge in [-0.1, -0.05) is 132 Å². The molecule has 5 heteroatoms. The van der Waals surface area contributed by atoms with Crippen molar-refractivity contribution in [3.05, 3.63) is 149 Å². The Bertz CT molecular complexity index is 1100. The summed E-state index contributed by atoms with van der Waals surface area (Å²) in [5.41, 5.74) is 2.81. The van der Waals surface area contributed by atoms with Crippen LogP contribution in [0.1, 0.15) is 36.1 Å². The summed E-state index contributed by atoms with van der Waals surface area (Å²) in [5, 5.41) is 8.87. The number of benzene rings is 4. The maximum Gasteiger partial charge on any atom is 1.00 e. The van der Waals surface area contributed by atoms with E-state index in [1.807, 2.05) is 52.2 Å². The van der Waals surface area contributed by atoms with Crippen LogP contribution in [-0.4, -0.2) is 32.1 Å². The SMILES string of the molecule is C[N-]C(c1ccccc1)(c1ccccc1)[C@@H]1OC(C)(C)O[C@H]1C(NC)(c1ccccc1)c1ccccc1.[Li+]. The van der Waals surface area contributed by atoms with E-state index in [2.05, 4.69) is 102 Å². The first kappa shape index (κ1) is 28.3. The normalized spacial score (nSPS) is 19.1. The Morgan fingerprint density at radius 3 is 1.29 bits per heavy atom. The molecule has 4 nitrogen and oxygen atoms in total. The van der Waals surface area contributed by atoms with Gasteiger partial charge < -0.3 is 20.1 Å². The Morgan fingerprint density at radius 2 is 0.947 bits per heavy atom. The average Bonchev–Trinajstić information content (AvgIpc) is 3.28. The largest absolute Gasteiger partial charge is 1.00 e. The Labute approximate surface area is 239 Å². The Hall–Kier alpha value is -2.68.